The predicted octanol–water partition coefficient (Wildman–Crippen LogP) is 1.53. The predicted molar refractivity (Wildman–Crippen MR) is 73.5 cm³/mol. The average Bonchev–Trinajstić information content (AvgIpc) is 2.81. The fourth-order valence-electron chi connectivity index (χ4n) is 2.52. The summed E-state index contributed by atoms with van der Waals surface area (Å²) in [6, 6.07) is 5.02. The Morgan fingerprint density at radius 3 is 2.95 bits per heavy atom. The molecule has 1 N–H and O–H groups in total. The summed E-state index contributed by atoms with van der Waals surface area (Å²) in [5.74, 6) is -0.269. The van der Waals surface area contributed by atoms with E-state index in [2.05, 4.69) is 29.2 Å². The number of rotatable bonds is 5. The minimum absolute atomic E-state index is 0.269. The number of hydrogen-bond donors (Lipinski definition) is 1. The SMILES string of the molecule is CN(C)C1CCN(Cc2cc(F)ccc2NC=O)C1. The van der Waals surface area contributed by atoms with Crippen molar-refractivity contribution in [1.29, 1.82) is 0 Å². The summed E-state index contributed by atoms with van der Waals surface area (Å²) in [5, 5.41) is 2.63. The van der Waals surface area contributed by atoms with Gasteiger partial charge in [-0.3, -0.25) is 9.69 Å². The number of nitrogens with one attached hydrogen (secondary N) is 1. The average molecular weight is 265 g/mol. The minimum atomic E-state index is -0.269. The zero-order valence-corrected chi connectivity index (χ0v) is 11.4. The number of likely N-dealkylation sites (N-methyl/N-ethyl adjacent to an activating group) is 1. The van der Waals surface area contributed by atoms with Crippen LogP contribution in [-0.2, 0) is 11.3 Å². The largest absolute Gasteiger partial charge is 0.328 e. The highest BCUT2D eigenvalue weighted by molar-refractivity contribution is 5.73. The van der Waals surface area contributed by atoms with Gasteiger partial charge in [-0.25, -0.2) is 4.39 Å². The molecule has 1 aliphatic rings. The fraction of sp³-hybridized carbons (Fsp3) is 0.500. The van der Waals surface area contributed by atoms with Gasteiger partial charge >= 0.3 is 0 Å². The van der Waals surface area contributed by atoms with E-state index in [0.29, 0.717) is 24.7 Å². The third kappa shape index (κ3) is 3.52. The van der Waals surface area contributed by atoms with Crippen LogP contribution in [-0.4, -0.2) is 49.4 Å². The van der Waals surface area contributed by atoms with Gasteiger partial charge in [0.25, 0.3) is 0 Å². The first kappa shape index (κ1) is 14.0. The smallest absolute Gasteiger partial charge is 0.211 e. The van der Waals surface area contributed by atoms with Crippen molar-refractivity contribution in [3.8, 4) is 0 Å². The number of carbonyl (C=O) groups is 1. The van der Waals surface area contributed by atoms with Crippen molar-refractivity contribution in [2.24, 2.45) is 0 Å². The number of carbonyl (C=O) groups excluding carboxylic acids is 1. The van der Waals surface area contributed by atoms with Crippen molar-refractivity contribution < 1.29 is 9.18 Å². The van der Waals surface area contributed by atoms with Crippen molar-refractivity contribution in [2.45, 2.75) is 19.0 Å². The Labute approximate surface area is 113 Å². The summed E-state index contributed by atoms with van der Waals surface area (Å²) in [6.07, 6.45) is 1.75. The van der Waals surface area contributed by atoms with Gasteiger partial charge in [0.05, 0.1) is 0 Å². The molecule has 1 unspecified atom stereocenters. The molecular weight excluding hydrogens is 245 g/mol. The van der Waals surface area contributed by atoms with Crippen LogP contribution in [0.5, 0.6) is 0 Å². The number of nitrogens with zero attached hydrogens (tertiary/aromatic N) is 2. The second-order valence-electron chi connectivity index (χ2n) is 5.20. The van der Waals surface area contributed by atoms with E-state index in [1.807, 2.05) is 0 Å². The van der Waals surface area contributed by atoms with E-state index in [1.54, 1.807) is 6.07 Å². The molecule has 4 nitrogen and oxygen atoms in total. The van der Waals surface area contributed by atoms with Crippen LogP contribution in [0.3, 0.4) is 0 Å². The molecule has 1 saturated heterocycles. The molecule has 1 atom stereocenters. The Morgan fingerprint density at radius 1 is 1.53 bits per heavy atom. The molecule has 0 aromatic heterocycles. The highest BCUT2D eigenvalue weighted by Gasteiger charge is 2.24. The Balaban J connectivity index is 2.06. The molecule has 1 aromatic rings. The minimum Gasteiger partial charge on any atom is -0.328 e. The summed E-state index contributed by atoms with van der Waals surface area (Å²) in [6.45, 7) is 2.64. The highest BCUT2D eigenvalue weighted by atomic mass is 19.1. The Bertz CT molecular complexity index is 450. The molecule has 0 bridgehead atoms. The van der Waals surface area contributed by atoms with Gasteiger partial charge in [0.15, 0.2) is 0 Å². The summed E-state index contributed by atoms with van der Waals surface area (Å²) < 4.78 is 13.3. The van der Waals surface area contributed by atoms with Crippen LogP contribution in [0.15, 0.2) is 18.2 Å². The number of anilines is 1. The molecule has 0 radical (unpaired) electrons. The lowest BCUT2D eigenvalue weighted by atomic mass is 10.1. The zero-order valence-electron chi connectivity index (χ0n) is 11.4. The molecule has 1 aromatic carbocycles. The third-order valence-electron chi connectivity index (χ3n) is 3.65. The van der Waals surface area contributed by atoms with Crippen LogP contribution in [0.4, 0.5) is 10.1 Å². The quantitative estimate of drug-likeness (QED) is 0.820. The van der Waals surface area contributed by atoms with E-state index in [0.717, 1.165) is 25.1 Å². The van der Waals surface area contributed by atoms with E-state index in [9.17, 15) is 9.18 Å². The van der Waals surface area contributed by atoms with Gasteiger partial charge in [-0.2, -0.15) is 0 Å². The van der Waals surface area contributed by atoms with Crippen molar-refractivity contribution in [3.63, 3.8) is 0 Å². The molecule has 1 aliphatic heterocycles. The Morgan fingerprint density at radius 2 is 2.32 bits per heavy atom. The van der Waals surface area contributed by atoms with Crippen LogP contribution < -0.4 is 5.32 Å². The van der Waals surface area contributed by atoms with Gasteiger partial charge in [-0.05, 0) is 44.3 Å². The van der Waals surface area contributed by atoms with Gasteiger partial charge < -0.3 is 10.2 Å². The number of hydrogen-bond acceptors (Lipinski definition) is 3. The van der Waals surface area contributed by atoms with Gasteiger partial charge in [0.1, 0.15) is 5.82 Å². The second kappa shape index (κ2) is 6.12. The van der Waals surface area contributed by atoms with Crippen LogP contribution in [0.25, 0.3) is 0 Å². The molecule has 0 spiro atoms. The second-order valence-corrected chi connectivity index (χ2v) is 5.20. The van der Waals surface area contributed by atoms with E-state index in [1.165, 1.54) is 12.1 Å². The van der Waals surface area contributed by atoms with Crippen molar-refractivity contribution >= 4 is 12.1 Å². The van der Waals surface area contributed by atoms with E-state index in [-0.39, 0.29) is 5.82 Å². The van der Waals surface area contributed by atoms with Crippen LogP contribution in [0.1, 0.15) is 12.0 Å². The molecule has 0 aliphatic carbocycles. The number of benzene rings is 1. The summed E-state index contributed by atoms with van der Waals surface area (Å²) >= 11 is 0. The first-order valence-electron chi connectivity index (χ1n) is 6.47. The van der Waals surface area contributed by atoms with Gasteiger partial charge in [0.2, 0.25) is 6.41 Å². The maximum atomic E-state index is 13.3. The maximum absolute atomic E-state index is 13.3. The monoisotopic (exact) mass is 265 g/mol. The molecule has 5 heteroatoms. The Hall–Kier alpha value is -1.46. The van der Waals surface area contributed by atoms with E-state index >= 15 is 0 Å². The summed E-state index contributed by atoms with van der Waals surface area (Å²) in [5.41, 5.74) is 1.51. The molecular formula is C14H20FN3O. The van der Waals surface area contributed by atoms with Gasteiger partial charge in [-0.15, -0.1) is 0 Å². The van der Waals surface area contributed by atoms with E-state index in [4.69, 9.17) is 0 Å². The number of amides is 1. The standard InChI is InChI=1S/C14H20FN3O/c1-17(2)13-5-6-18(9-13)8-11-7-12(15)3-4-14(11)16-10-19/h3-4,7,10,13H,5-6,8-9H2,1-2H3,(H,16,19). The summed E-state index contributed by atoms with van der Waals surface area (Å²) in [7, 11) is 4.16. The van der Waals surface area contributed by atoms with E-state index < -0.39 is 0 Å². The molecule has 19 heavy (non-hydrogen) atoms. The highest BCUT2D eigenvalue weighted by Crippen LogP contribution is 2.22. The fourth-order valence-corrected chi connectivity index (χ4v) is 2.52. The zero-order chi connectivity index (χ0) is 13.8. The first-order valence-corrected chi connectivity index (χ1v) is 6.47. The molecule has 104 valence electrons. The van der Waals surface area contributed by atoms with Crippen LogP contribution in [0, 0.1) is 5.82 Å². The van der Waals surface area contributed by atoms with Crippen molar-refractivity contribution in [1.82, 2.24) is 9.80 Å². The first-order chi connectivity index (χ1) is 9.10. The number of likely N-dealkylation sites (tertiary alicyclic amines) is 1. The molecule has 0 saturated carbocycles. The third-order valence-corrected chi connectivity index (χ3v) is 3.65. The molecule has 1 amide bonds. The topological polar surface area (TPSA) is 35.6 Å². The van der Waals surface area contributed by atoms with Crippen LogP contribution >= 0.6 is 0 Å². The lowest BCUT2D eigenvalue weighted by Crippen LogP contribution is -2.31. The molecule has 1 heterocycles. The van der Waals surface area contributed by atoms with Crippen molar-refractivity contribution in [2.75, 3.05) is 32.5 Å². The van der Waals surface area contributed by atoms with Crippen LogP contribution in [0.2, 0.25) is 0 Å². The normalized spacial score (nSPS) is 19.9. The Kier molecular flexibility index (Phi) is 4.50. The molecule has 2 rings (SSSR count). The molecule has 1 fully saturated rings. The van der Waals surface area contributed by atoms with Gasteiger partial charge in [0, 0.05) is 31.4 Å². The maximum Gasteiger partial charge on any atom is 0.211 e. The lowest BCUT2D eigenvalue weighted by molar-refractivity contribution is -0.105. The van der Waals surface area contributed by atoms with Crippen molar-refractivity contribution in [3.05, 3.63) is 29.6 Å². The number of halogens is 1. The lowest BCUT2D eigenvalue weighted by Gasteiger charge is -2.21. The summed E-state index contributed by atoms with van der Waals surface area (Å²) in [4.78, 5) is 15.1. The van der Waals surface area contributed by atoms with Gasteiger partial charge in [-0.1, -0.05) is 0 Å².